The van der Waals surface area contributed by atoms with Gasteiger partial charge in [0.05, 0.1) is 0 Å². The van der Waals surface area contributed by atoms with Crippen LogP contribution < -0.4 is 0 Å². The first kappa shape index (κ1) is 14.4. The molecule has 20 heavy (non-hydrogen) atoms. The molecule has 0 radical (unpaired) electrons. The fourth-order valence-corrected chi connectivity index (χ4v) is 2.49. The second kappa shape index (κ2) is 6.97. The quantitative estimate of drug-likeness (QED) is 0.763. The van der Waals surface area contributed by atoms with Crippen molar-refractivity contribution in [2.75, 3.05) is 6.54 Å². The maximum atomic E-state index is 12.2. The highest BCUT2D eigenvalue weighted by molar-refractivity contribution is 5.68. The molecule has 1 amide bonds. The van der Waals surface area contributed by atoms with Crippen LogP contribution in [0.2, 0.25) is 0 Å². The minimum absolute atomic E-state index is 0.144. The molecule has 0 bridgehead atoms. The summed E-state index contributed by atoms with van der Waals surface area (Å²) in [6.07, 6.45) is 2.52. The number of ether oxygens (including phenoxy) is 1. The van der Waals surface area contributed by atoms with Gasteiger partial charge in [-0.1, -0.05) is 36.9 Å². The molecule has 3 nitrogen and oxygen atoms in total. The van der Waals surface area contributed by atoms with E-state index in [-0.39, 0.29) is 12.1 Å². The molecule has 1 fully saturated rings. The Labute approximate surface area is 120 Å². The van der Waals surface area contributed by atoms with Gasteiger partial charge in [0.1, 0.15) is 6.61 Å². The Kier molecular flexibility index (Phi) is 5.03. The SMILES string of the molecule is C=C=C1CCCN(C(=O)OCc2ccccc2)C(C)C1. The zero-order valence-electron chi connectivity index (χ0n) is 12.0. The molecule has 1 aliphatic heterocycles. The lowest BCUT2D eigenvalue weighted by atomic mass is 10.1. The highest BCUT2D eigenvalue weighted by atomic mass is 16.6. The normalized spacial score (nSPS) is 19.1. The molecule has 0 N–H and O–H groups in total. The molecule has 1 saturated heterocycles. The molecular weight excluding hydrogens is 250 g/mol. The van der Waals surface area contributed by atoms with Gasteiger partial charge >= 0.3 is 6.09 Å². The van der Waals surface area contributed by atoms with E-state index in [1.807, 2.05) is 42.2 Å². The van der Waals surface area contributed by atoms with Crippen molar-refractivity contribution in [3.05, 3.63) is 53.8 Å². The monoisotopic (exact) mass is 271 g/mol. The average Bonchev–Trinajstić information content (AvgIpc) is 2.67. The molecule has 1 aromatic rings. The van der Waals surface area contributed by atoms with E-state index < -0.39 is 0 Å². The number of hydrogen-bond acceptors (Lipinski definition) is 2. The first-order chi connectivity index (χ1) is 9.70. The summed E-state index contributed by atoms with van der Waals surface area (Å²) in [7, 11) is 0. The van der Waals surface area contributed by atoms with Crippen LogP contribution in [0.3, 0.4) is 0 Å². The third-order valence-corrected chi connectivity index (χ3v) is 3.64. The van der Waals surface area contributed by atoms with E-state index >= 15 is 0 Å². The van der Waals surface area contributed by atoms with Crippen molar-refractivity contribution in [2.24, 2.45) is 0 Å². The molecular formula is C17H21NO2. The van der Waals surface area contributed by atoms with Crippen LogP contribution in [-0.4, -0.2) is 23.6 Å². The third kappa shape index (κ3) is 3.75. The minimum atomic E-state index is -0.230. The summed E-state index contributed by atoms with van der Waals surface area (Å²) in [4.78, 5) is 14.0. The van der Waals surface area contributed by atoms with Crippen molar-refractivity contribution in [3.8, 4) is 0 Å². The number of amides is 1. The standard InChI is InChI=1S/C17H21NO2/c1-3-15-10-7-11-18(14(2)12-15)17(19)20-13-16-8-5-4-6-9-16/h4-6,8-9,14H,1,7,10-13H2,2H3. The maximum Gasteiger partial charge on any atom is 0.410 e. The summed E-state index contributed by atoms with van der Waals surface area (Å²) in [6, 6.07) is 9.89. The van der Waals surface area contributed by atoms with E-state index in [0.29, 0.717) is 6.61 Å². The van der Waals surface area contributed by atoms with Gasteiger partial charge in [0.25, 0.3) is 0 Å². The molecule has 1 aromatic carbocycles. The lowest BCUT2D eigenvalue weighted by Gasteiger charge is -2.26. The molecule has 1 unspecified atom stereocenters. The summed E-state index contributed by atoms with van der Waals surface area (Å²) in [5.41, 5.74) is 5.19. The molecule has 1 aliphatic rings. The second-order valence-corrected chi connectivity index (χ2v) is 5.17. The van der Waals surface area contributed by atoms with Gasteiger partial charge in [-0.05, 0) is 37.3 Å². The van der Waals surface area contributed by atoms with E-state index in [0.717, 1.165) is 31.4 Å². The summed E-state index contributed by atoms with van der Waals surface area (Å²) in [6.45, 7) is 6.82. The van der Waals surface area contributed by atoms with Crippen molar-refractivity contribution < 1.29 is 9.53 Å². The Morgan fingerprint density at radius 2 is 2.20 bits per heavy atom. The number of likely N-dealkylation sites (tertiary alicyclic amines) is 1. The van der Waals surface area contributed by atoms with E-state index in [4.69, 9.17) is 4.74 Å². The Bertz CT molecular complexity index is 503. The van der Waals surface area contributed by atoms with Gasteiger partial charge in [0, 0.05) is 12.6 Å². The smallest absolute Gasteiger partial charge is 0.410 e. The van der Waals surface area contributed by atoms with Gasteiger partial charge in [0.15, 0.2) is 0 Å². The molecule has 3 heteroatoms. The van der Waals surface area contributed by atoms with E-state index in [1.54, 1.807) is 0 Å². The van der Waals surface area contributed by atoms with Crippen molar-refractivity contribution in [2.45, 2.75) is 38.8 Å². The van der Waals surface area contributed by atoms with Crippen LogP contribution in [0.1, 0.15) is 31.7 Å². The molecule has 1 heterocycles. The van der Waals surface area contributed by atoms with Crippen LogP contribution >= 0.6 is 0 Å². The average molecular weight is 271 g/mol. The highest BCUT2D eigenvalue weighted by Crippen LogP contribution is 2.21. The predicted octanol–water partition coefficient (Wildman–Crippen LogP) is 3.91. The molecule has 106 valence electrons. The lowest BCUT2D eigenvalue weighted by molar-refractivity contribution is 0.0849. The fraction of sp³-hybridized carbons (Fsp3) is 0.412. The third-order valence-electron chi connectivity index (χ3n) is 3.64. The first-order valence-electron chi connectivity index (χ1n) is 7.06. The van der Waals surface area contributed by atoms with Crippen LogP contribution in [0, 0.1) is 0 Å². The number of carbonyl (C=O) groups excluding carboxylic acids is 1. The zero-order chi connectivity index (χ0) is 14.4. The lowest BCUT2D eigenvalue weighted by Crippen LogP contribution is -2.38. The highest BCUT2D eigenvalue weighted by Gasteiger charge is 2.24. The predicted molar refractivity (Wildman–Crippen MR) is 79.3 cm³/mol. The van der Waals surface area contributed by atoms with E-state index in [9.17, 15) is 4.79 Å². The first-order valence-corrected chi connectivity index (χ1v) is 7.06. The van der Waals surface area contributed by atoms with Gasteiger partial charge in [-0.25, -0.2) is 4.79 Å². The topological polar surface area (TPSA) is 29.5 Å². The van der Waals surface area contributed by atoms with E-state index in [1.165, 1.54) is 5.57 Å². The number of nitrogens with zero attached hydrogens (tertiary/aromatic N) is 1. The molecule has 0 aliphatic carbocycles. The van der Waals surface area contributed by atoms with Crippen LogP contribution in [0.15, 0.2) is 48.2 Å². The van der Waals surface area contributed by atoms with Crippen LogP contribution in [0.5, 0.6) is 0 Å². The largest absolute Gasteiger partial charge is 0.445 e. The summed E-state index contributed by atoms with van der Waals surface area (Å²) >= 11 is 0. The Morgan fingerprint density at radius 3 is 2.90 bits per heavy atom. The summed E-state index contributed by atoms with van der Waals surface area (Å²) in [5, 5.41) is 0. The van der Waals surface area contributed by atoms with Gasteiger partial charge < -0.3 is 9.64 Å². The van der Waals surface area contributed by atoms with Gasteiger partial charge in [-0.3, -0.25) is 0 Å². The maximum absolute atomic E-state index is 12.2. The summed E-state index contributed by atoms with van der Waals surface area (Å²) < 4.78 is 5.40. The summed E-state index contributed by atoms with van der Waals surface area (Å²) in [5.74, 6) is 0. The fourth-order valence-electron chi connectivity index (χ4n) is 2.49. The van der Waals surface area contributed by atoms with Crippen molar-refractivity contribution in [1.29, 1.82) is 0 Å². The van der Waals surface area contributed by atoms with Gasteiger partial charge in [0.2, 0.25) is 0 Å². The Balaban J connectivity index is 1.93. The number of benzene rings is 1. The number of rotatable bonds is 2. The van der Waals surface area contributed by atoms with Crippen LogP contribution in [0.4, 0.5) is 4.79 Å². The van der Waals surface area contributed by atoms with Crippen molar-refractivity contribution in [1.82, 2.24) is 4.90 Å². The molecule has 0 spiro atoms. The minimum Gasteiger partial charge on any atom is -0.445 e. The molecule has 0 aromatic heterocycles. The number of hydrogen-bond donors (Lipinski definition) is 0. The van der Waals surface area contributed by atoms with Gasteiger partial charge in [-0.15, -0.1) is 5.73 Å². The van der Waals surface area contributed by atoms with Crippen molar-refractivity contribution >= 4 is 6.09 Å². The zero-order valence-corrected chi connectivity index (χ0v) is 12.0. The Hall–Kier alpha value is -1.99. The van der Waals surface area contributed by atoms with Gasteiger partial charge in [-0.2, -0.15) is 0 Å². The number of carbonyl (C=O) groups is 1. The molecule has 0 saturated carbocycles. The van der Waals surface area contributed by atoms with Crippen LogP contribution in [-0.2, 0) is 11.3 Å². The second-order valence-electron chi connectivity index (χ2n) is 5.17. The molecule has 2 rings (SSSR count). The van der Waals surface area contributed by atoms with E-state index in [2.05, 4.69) is 12.3 Å². The Morgan fingerprint density at radius 1 is 1.45 bits per heavy atom. The molecule has 1 atom stereocenters. The van der Waals surface area contributed by atoms with Crippen molar-refractivity contribution in [3.63, 3.8) is 0 Å². The van der Waals surface area contributed by atoms with Crippen LogP contribution in [0.25, 0.3) is 0 Å².